The average molecular weight is 134 g/mol. The van der Waals surface area contributed by atoms with Gasteiger partial charge in [-0.3, -0.25) is 0 Å². The number of nitrogens with zero attached hydrogens (tertiary/aromatic N) is 1. The van der Waals surface area contributed by atoms with E-state index in [0.29, 0.717) is 5.82 Å². The van der Waals surface area contributed by atoms with Gasteiger partial charge in [-0.1, -0.05) is 12.7 Å². The molecule has 0 aliphatic rings. The minimum atomic E-state index is 0.558. The van der Waals surface area contributed by atoms with Crippen LogP contribution in [-0.4, -0.2) is 4.98 Å². The van der Waals surface area contributed by atoms with Crippen LogP contribution in [0.15, 0.2) is 18.7 Å². The first-order chi connectivity index (χ1) is 4.74. The van der Waals surface area contributed by atoms with Gasteiger partial charge >= 0.3 is 0 Å². The largest absolute Gasteiger partial charge is 0.384 e. The van der Waals surface area contributed by atoms with Gasteiger partial charge in [0.05, 0.1) is 0 Å². The molecule has 0 atom stereocenters. The van der Waals surface area contributed by atoms with E-state index in [1.165, 1.54) is 0 Å². The molecule has 52 valence electrons. The Hall–Kier alpha value is -1.31. The predicted molar refractivity (Wildman–Crippen MR) is 43.5 cm³/mol. The Bertz CT molecular complexity index is 253. The summed E-state index contributed by atoms with van der Waals surface area (Å²) < 4.78 is 0. The maximum Gasteiger partial charge on any atom is 0.123 e. The molecule has 0 aliphatic carbocycles. The summed E-state index contributed by atoms with van der Waals surface area (Å²) in [6, 6.07) is 3.68. The second kappa shape index (κ2) is 2.52. The number of hydrogen-bond donors (Lipinski definition) is 1. The summed E-state index contributed by atoms with van der Waals surface area (Å²) in [5.74, 6) is 0.558. The zero-order valence-electron chi connectivity index (χ0n) is 5.96. The summed E-state index contributed by atoms with van der Waals surface area (Å²) in [6.45, 7) is 5.55. The van der Waals surface area contributed by atoms with Crippen molar-refractivity contribution in [3.8, 4) is 0 Å². The van der Waals surface area contributed by atoms with Gasteiger partial charge < -0.3 is 5.73 Å². The van der Waals surface area contributed by atoms with E-state index in [0.717, 1.165) is 11.3 Å². The molecule has 1 aromatic heterocycles. The number of anilines is 1. The fourth-order valence-corrected chi connectivity index (χ4v) is 0.807. The molecule has 0 bridgehead atoms. The highest BCUT2D eigenvalue weighted by Crippen LogP contribution is 2.08. The molecule has 2 nitrogen and oxygen atoms in total. The van der Waals surface area contributed by atoms with Crippen molar-refractivity contribution in [3.63, 3.8) is 0 Å². The molecule has 0 amide bonds. The highest BCUT2D eigenvalue weighted by molar-refractivity contribution is 5.51. The zero-order valence-corrected chi connectivity index (χ0v) is 5.96. The van der Waals surface area contributed by atoms with Crippen LogP contribution < -0.4 is 5.73 Å². The van der Waals surface area contributed by atoms with E-state index < -0.39 is 0 Å². The molecule has 10 heavy (non-hydrogen) atoms. The first-order valence-corrected chi connectivity index (χ1v) is 3.09. The summed E-state index contributed by atoms with van der Waals surface area (Å²) in [5.41, 5.74) is 7.40. The highest BCUT2D eigenvalue weighted by atomic mass is 14.8. The van der Waals surface area contributed by atoms with Gasteiger partial charge in [0.2, 0.25) is 0 Å². The third kappa shape index (κ3) is 1.16. The SMILES string of the molecule is C=Cc1ccc(N)nc1C. The summed E-state index contributed by atoms with van der Waals surface area (Å²) in [4.78, 5) is 4.05. The molecule has 1 heterocycles. The van der Waals surface area contributed by atoms with Gasteiger partial charge in [0.25, 0.3) is 0 Å². The van der Waals surface area contributed by atoms with Crippen molar-refractivity contribution in [3.05, 3.63) is 30.0 Å². The fourth-order valence-electron chi connectivity index (χ4n) is 0.807. The molecular formula is C8H10N2. The second-order valence-corrected chi connectivity index (χ2v) is 2.11. The molecule has 0 aliphatic heterocycles. The molecule has 0 saturated heterocycles. The van der Waals surface area contributed by atoms with Crippen molar-refractivity contribution in [1.82, 2.24) is 4.98 Å². The smallest absolute Gasteiger partial charge is 0.123 e. The minimum absolute atomic E-state index is 0.558. The van der Waals surface area contributed by atoms with E-state index in [4.69, 9.17) is 5.73 Å². The lowest BCUT2D eigenvalue weighted by atomic mass is 10.2. The van der Waals surface area contributed by atoms with Crippen LogP contribution in [0.1, 0.15) is 11.3 Å². The zero-order chi connectivity index (χ0) is 7.56. The van der Waals surface area contributed by atoms with Crippen molar-refractivity contribution in [2.24, 2.45) is 0 Å². The van der Waals surface area contributed by atoms with Crippen molar-refractivity contribution in [1.29, 1.82) is 0 Å². The van der Waals surface area contributed by atoms with E-state index in [2.05, 4.69) is 11.6 Å². The van der Waals surface area contributed by atoms with Crippen molar-refractivity contribution in [2.75, 3.05) is 5.73 Å². The summed E-state index contributed by atoms with van der Waals surface area (Å²) in [7, 11) is 0. The Kier molecular flexibility index (Phi) is 1.71. The quantitative estimate of drug-likeness (QED) is 0.633. The van der Waals surface area contributed by atoms with Crippen LogP contribution in [0, 0.1) is 6.92 Å². The van der Waals surface area contributed by atoms with Crippen molar-refractivity contribution < 1.29 is 0 Å². The van der Waals surface area contributed by atoms with Crippen LogP contribution in [0.2, 0.25) is 0 Å². The molecule has 2 heteroatoms. The standard InChI is InChI=1S/C8H10N2/c1-3-7-4-5-8(9)10-6(7)2/h3-5H,1H2,2H3,(H2,9,10). The number of rotatable bonds is 1. The van der Waals surface area contributed by atoms with E-state index >= 15 is 0 Å². The van der Waals surface area contributed by atoms with Crippen LogP contribution in [0.4, 0.5) is 5.82 Å². The Morgan fingerprint density at radius 1 is 1.60 bits per heavy atom. The monoisotopic (exact) mass is 134 g/mol. The van der Waals surface area contributed by atoms with Crippen LogP contribution in [0.5, 0.6) is 0 Å². The lowest BCUT2D eigenvalue weighted by molar-refractivity contribution is 1.20. The van der Waals surface area contributed by atoms with Gasteiger partial charge in [-0.15, -0.1) is 0 Å². The molecule has 0 spiro atoms. The van der Waals surface area contributed by atoms with E-state index in [-0.39, 0.29) is 0 Å². The number of nitrogen functional groups attached to an aromatic ring is 1. The normalized spacial score (nSPS) is 9.30. The Morgan fingerprint density at radius 2 is 2.30 bits per heavy atom. The third-order valence-corrected chi connectivity index (χ3v) is 1.37. The number of pyridine rings is 1. The molecule has 0 fully saturated rings. The van der Waals surface area contributed by atoms with Crippen LogP contribution >= 0.6 is 0 Å². The third-order valence-electron chi connectivity index (χ3n) is 1.37. The van der Waals surface area contributed by atoms with E-state index in [1.54, 1.807) is 12.1 Å². The highest BCUT2D eigenvalue weighted by Gasteiger charge is 1.93. The molecule has 2 N–H and O–H groups in total. The Morgan fingerprint density at radius 3 is 2.80 bits per heavy atom. The van der Waals surface area contributed by atoms with Crippen molar-refractivity contribution >= 4 is 11.9 Å². The van der Waals surface area contributed by atoms with Crippen LogP contribution in [-0.2, 0) is 0 Å². The summed E-state index contributed by atoms with van der Waals surface area (Å²) in [5, 5.41) is 0. The van der Waals surface area contributed by atoms with Gasteiger partial charge in [0.1, 0.15) is 5.82 Å². The summed E-state index contributed by atoms with van der Waals surface area (Å²) in [6.07, 6.45) is 1.77. The van der Waals surface area contributed by atoms with Gasteiger partial charge in [-0.05, 0) is 24.6 Å². The number of hydrogen-bond acceptors (Lipinski definition) is 2. The number of aromatic nitrogens is 1. The first kappa shape index (κ1) is 6.81. The first-order valence-electron chi connectivity index (χ1n) is 3.09. The van der Waals surface area contributed by atoms with Gasteiger partial charge in [0.15, 0.2) is 0 Å². The maximum absolute atomic E-state index is 5.44. The molecule has 0 aromatic carbocycles. The molecule has 1 rings (SSSR count). The van der Waals surface area contributed by atoms with E-state index in [9.17, 15) is 0 Å². The number of nitrogens with two attached hydrogens (primary N) is 1. The average Bonchev–Trinajstić information content (AvgIpc) is 1.88. The molecule has 0 saturated carbocycles. The predicted octanol–water partition coefficient (Wildman–Crippen LogP) is 1.62. The number of aryl methyl sites for hydroxylation is 1. The Balaban J connectivity index is 3.19. The van der Waals surface area contributed by atoms with E-state index in [1.807, 2.05) is 13.0 Å². The van der Waals surface area contributed by atoms with Gasteiger partial charge in [-0.25, -0.2) is 4.98 Å². The molecule has 1 aromatic rings. The second-order valence-electron chi connectivity index (χ2n) is 2.11. The lowest BCUT2D eigenvalue weighted by Gasteiger charge is -1.98. The lowest BCUT2D eigenvalue weighted by Crippen LogP contribution is -1.93. The molecular weight excluding hydrogens is 124 g/mol. The van der Waals surface area contributed by atoms with Crippen molar-refractivity contribution in [2.45, 2.75) is 6.92 Å². The molecule has 0 unspecified atom stereocenters. The fraction of sp³-hybridized carbons (Fsp3) is 0.125. The van der Waals surface area contributed by atoms with Crippen LogP contribution in [0.3, 0.4) is 0 Å². The Labute approximate surface area is 60.4 Å². The molecule has 0 radical (unpaired) electrons. The maximum atomic E-state index is 5.44. The van der Waals surface area contributed by atoms with Gasteiger partial charge in [0, 0.05) is 5.69 Å². The topological polar surface area (TPSA) is 38.9 Å². The van der Waals surface area contributed by atoms with Crippen LogP contribution in [0.25, 0.3) is 6.08 Å². The van der Waals surface area contributed by atoms with Gasteiger partial charge in [-0.2, -0.15) is 0 Å². The minimum Gasteiger partial charge on any atom is -0.384 e. The summed E-state index contributed by atoms with van der Waals surface area (Å²) >= 11 is 0.